The fraction of sp³-hybridized carbons (Fsp3) is 0.357. The van der Waals surface area contributed by atoms with Crippen LogP contribution in [-0.4, -0.2) is 35.1 Å². The van der Waals surface area contributed by atoms with Gasteiger partial charge in [0.1, 0.15) is 5.82 Å². The number of carbonyl (C=O) groups excluding carboxylic acids is 1. The van der Waals surface area contributed by atoms with Crippen molar-refractivity contribution >= 4 is 12.0 Å². The van der Waals surface area contributed by atoms with Crippen LogP contribution in [0.15, 0.2) is 30.3 Å². The Hall–Kier alpha value is -1.68. The number of amides is 1. The second-order valence-corrected chi connectivity index (χ2v) is 4.37. The lowest BCUT2D eigenvalue weighted by Crippen LogP contribution is -2.36. The third kappa shape index (κ3) is 2.76. The first-order valence-electron chi connectivity index (χ1n) is 6.06. The monoisotopic (exact) mass is 249 g/mol. The molecule has 1 atom stereocenters. The van der Waals surface area contributed by atoms with E-state index < -0.39 is 0 Å². The van der Waals surface area contributed by atoms with Gasteiger partial charge < -0.3 is 10.0 Å². The summed E-state index contributed by atoms with van der Waals surface area (Å²) in [4.78, 5) is 13.5. The highest BCUT2D eigenvalue weighted by molar-refractivity contribution is 5.92. The summed E-state index contributed by atoms with van der Waals surface area (Å²) in [6, 6.07) is 6.21. The van der Waals surface area contributed by atoms with Crippen LogP contribution in [-0.2, 0) is 4.79 Å². The van der Waals surface area contributed by atoms with Crippen molar-refractivity contribution in [2.24, 2.45) is 0 Å². The normalized spacial score (nSPS) is 19.7. The number of halogens is 1. The number of benzene rings is 1. The predicted molar refractivity (Wildman–Crippen MR) is 67.3 cm³/mol. The van der Waals surface area contributed by atoms with Crippen LogP contribution in [0.1, 0.15) is 18.4 Å². The van der Waals surface area contributed by atoms with Gasteiger partial charge in [0.25, 0.3) is 0 Å². The highest BCUT2D eigenvalue weighted by Crippen LogP contribution is 2.17. The first-order chi connectivity index (χ1) is 8.72. The molecule has 0 saturated carbocycles. The van der Waals surface area contributed by atoms with E-state index in [9.17, 15) is 9.18 Å². The van der Waals surface area contributed by atoms with E-state index in [1.54, 1.807) is 23.1 Å². The molecule has 1 N–H and O–H groups in total. The van der Waals surface area contributed by atoms with Gasteiger partial charge >= 0.3 is 0 Å². The Balaban J connectivity index is 2.05. The van der Waals surface area contributed by atoms with E-state index in [2.05, 4.69) is 0 Å². The third-order valence-electron chi connectivity index (χ3n) is 3.18. The number of carbonyl (C=O) groups is 1. The summed E-state index contributed by atoms with van der Waals surface area (Å²) in [5, 5.41) is 9.14. The second kappa shape index (κ2) is 5.78. The van der Waals surface area contributed by atoms with Crippen LogP contribution in [0.25, 0.3) is 6.08 Å². The molecule has 96 valence electrons. The van der Waals surface area contributed by atoms with Crippen LogP contribution in [0.3, 0.4) is 0 Å². The third-order valence-corrected chi connectivity index (χ3v) is 3.18. The standard InChI is InChI=1S/C14H16FNO2/c15-13-6-2-1-4-11(13)7-8-14(18)16-9-3-5-12(16)10-17/h1-2,4,6-8,12,17H,3,5,9-10H2. The minimum absolute atomic E-state index is 0.0146. The van der Waals surface area contributed by atoms with Crippen molar-refractivity contribution in [1.29, 1.82) is 0 Å². The molecule has 1 aromatic carbocycles. The lowest BCUT2D eigenvalue weighted by Gasteiger charge is -2.21. The SMILES string of the molecule is O=C(C=Cc1ccccc1F)N1CCCC1CO. The largest absolute Gasteiger partial charge is 0.394 e. The molecule has 1 saturated heterocycles. The van der Waals surface area contributed by atoms with Gasteiger partial charge in [0, 0.05) is 18.2 Å². The van der Waals surface area contributed by atoms with Crippen molar-refractivity contribution < 1.29 is 14.3 Å². The Morgan fingerprint density at radius 3 is 3.00 bits per heavy atom. The van der Waals surface area contributed by atoms with E-state index in [4.69, 9.17) is 5.11 Å². The molecular weight excluding hydrogens is 233 g/mol. The zero-order valence-corrected chi connectivity index (χ0v) is 10.1. The van der Waals surface area contributed by atoms with Crippen molar-refractivity contribution in [3.05, 3.63) is 41.7 Å². The van der Waals surface area contributed by atoms with Crippen LogP contribution >= 0.6 is 0 Å². The smallest absolute Gasteiger partial charge is 0.246 e. The van der Waals surface area contributed by atoms with Crippen molar-refractivity contribution in [2.45, 2.75) is 18.9 Å². The summed E-state index contributed by atoms with van der Waals surface area (Å²) < 4.78 is 13.3. The van der Waals surface area contributed by atoms with Gasteiger partial charge in [-0.05, 0) is 25.0 Å². The molecule has 0 bridgehead atoms. The van der Waals surface area contributed by atoms with E-state index >= 15 is 0 Å². The molecule has 1 aliphatic heterocycles. The van der Waals surface area contributed by atoms with Gasteiger partial charge in [-0.1, -0.05) is 18.2 Å². The van der Waals surface area contributed by atoms with Gasteiger partial charge in [0.05, 0.1) is 12.6 Å². The molecular formula is C14H16FNO2. The molecule has 1 aliphatic rings. The minimum Gasteiger partial charge on any atom is -0.394 e. The molecule has 0 spiro atoms. The van der Waals surface area contributed by atoms with Gasteiger partial charge in [-0.15, -0.1) is 0 Å². The number of likely N-dealkylation sites (tertiary alicyclic amines) is 1. The predicted octanol–water partition coefficient (Wildman–Crippen LogP) is 1.82. The van der Waals surface area contributed by atoms with Crippen molar-refractivity contribution in [3.63, 3.8) is 0 Å². The van der Waals surface area contributed by atoms with Gasteiger partial charge in [0.15, 0.2) is 0 Å². The Labute approximate surface area is 106 Å². The summed E-state index contributed by atoms with van der Waals surface area (Å²) in [6.45, 7) is 0.644. The van der Waals surface area contributed by atoms with E-state index in [0.29, 0.717) is 12.1 Å². The molecule has 0 aliphatic carbocycles. The van der Waals surface area contributed by atoms with Crippen LogP contribution < -0.4 is 0 Å². The molecule has 1 heterocycles. The highest BCUT2D eigenvalue weighted by Gasteiger charge is 2.26. The zero-order valence-electron chi connectivity index (χ0n) is 10.1. The molecule has 1 unspecified atom stereocenters. The lowest BCUT2D eigenvalue weighted by molar-refractivity contribution is -0.127. The molecule has 0 aromatic heterocycles. The molecule has 2 rings (SSSR count). The van der Waals surface area contributed by atoms with Crippen molar-refractivity contribution in [2.75, 3.05) is 13.2 Å². The fourth-order valence-electron chi connectivity index (χ4n) is 2.18. The molecule has 18 heavy (non-hydrogen) atoms. The summed E-state index contributed by atoms with van der Waals surface area (Å²) in [5.74, 6) is -0.517. The van der Waals surface area contributed by atoms with Gasteiger partial charge in [-0.2, -0.15) is 0 Å². The number of aliphatic hydroxyl groups excluding tert-OH is 1. The Morgan fingerprint density at radius 1 is 1.50 bits per heavy atom. The van der Waals surface area contributed by atoms with E-state index in [-0.39, 0.29) is 24.4 Å². The van der Waals surface area contributed by atoms with Crippen LogP contribution in [0.2, 0.25) is 0 Å². The zero-order chi connectivity index (χ0) is 13.0. The summed E-state index contributed by atoms with van der Waals surface area (Å²) in [6.07, 6.45) is 4.58. The molecule has 1 aromatic rings. The van der Waals surface area contributed by atoms with Crippen LogP contribution in [0.4, 0.5) is 4.39 Å². The molecule has 4 heteroatoms. The van der Waals surface area contributed by atoms with Crippen LogP contribution in [0, 0.1) is 5.82 Å². The molecule has 1 amide bonds. The lowest BCUT2D eigenvalue weighted by atomic mass is 10.2. The fourth-order valence-corrected chi connectivity index (χ4v) is 2.18. The van der Waals surface area contributed by atoms with Crippen molar-refractivity contribution in [1.82, 2.24) is 4.90 Å². The maximum Gasteiger partial charge on any atom is 0.246 e. The second-order valence-electron chi connectivity index (χ2n) is 4.37. The van der Waals surface area contributed by atoms with E-state index in [1.165, 1.54) is 18.2 Å². The first-order valence-corrected chi connectivity index (χ1v) is 6.06. The average Bonchev–Trinajstić information content (AvgIpc) is 2.86. The number of nitrogens with zero attached hydrogens (tertiary/aromatic N) is 1. The van der Waals surface area contributed by atoms with E-state index in [0.717, 1.165) is 12.8 Å². The van der Waals surface area contributed by atoms with E-state index in [1.807, 2.05) is 0 Å². The summed E-state index contributed by atoms with van der Waals surface area (Å²) in [5.41, 5.74) is 0.394. The van der Waals surface area contributed by atoms with Crippen molar-refractivity contribution in [3.8, 4) is 0 Å². The quantitative estimate of drug-likeness (QED) is 0.830. The maximum absolute atomic E-state index is 13.3. The summed E-state index contributed by atoms with van der Waals surface area (Å²) in [7, 11) is 0. The van der Waals surface area contributed by atoms with Gasteiger partial charge in [-0.3, -0.25) is 4.79 Å². The molecule has 3 nitrogen and oxygen atoms in total. The number of rotatable bonds is 3. The Kier molecular flexibility index (Phi) is 4.10. The topological polar surface area (TPSA) is 40.5 Å². The maximum atomic E-state index is 13.3. The van der Waals surface area contributed by atoms with Gasteiger partial charge in [-0.25, -0.2) is 4.39 Å². The highest BCUT2D eigenvalue weighted by atomic mass is 19.1. The number of aliphatic hydroxyl groups is 1. The minimum atomic E-state index is -0.346. The average molecular weight is 249 g/mol. The van der Waals surface area contributed by atoms with Gasteiger partial charge in [0.2, 0.25) is 5.91 Å². The van der Waals surface area contributed by atoms with Crippen LogP contribution in [0.5, 0.6) is 0 Å². The summed E-state index contributed by atoms with van der Waals surface area (Å²) >= 11 is 0. The Bertz CT molecular complexity index is 459. The molecule has 0 radical (unpaired) electrons. The number of hydrogen-bond donors (Lipinski definition) is 1. The molecule has 1 fully saturated rings. The first kappa shape index (κ1) is 12.8. The number of hydrogen-bond acceptors (Lipinski definition) is 2. The Morgan fingerprint density at radius 2 is 2.28 bits per heavy atom.